The molecule has 1 aliphatic heterocycles. The van der Waals surface area contributed by atoms with Gasteiger partial charge in [0.15, 0.2) is 0 Å². The van der Waals surface area contributed by atoms with Crippen LogP contribution in [0.1, 0.15) is 63.4 Å². The Labute approximate surface area is 265 Å². The van der Waals surface area contributed by atoms with Crippen LogP contribution in [0.25, 0.3) is 0 Å². The average molecular weight is 635 g/mol. The molecule has 0 saturated carbocycles. The summed E-state index contributed by atoms with van der Waals surface area (Å²) in [6.07, 6.45) is 5.45. The smallest absolute Gasteiger partial charge is 0.257 e. The Morgan fingerprint density at radius 1 is 0.977 bits per heavy atom. The van der Waals surface area contributed by atoms with Gasteiger partial charge in [-0.2, -0.15) is 4.31 Å². The molecule has 0 atom stereocenters. The number of benzene rings is 2. The molecule has 0 radical (unpaired) electrons. The van der Waals surface area contributed by atoms with Crippen molar-refractivity contribution >= 4 is 38.2 Å². The van der Waals surface area contributed by atoms with Gasteiger partial charge in [0.1, 0.15) is 5.00 Å². The average Bonchev–Trinajstić information content (AvgIpc) is 3.37. The molecule has 44 heavy (non-hydrogen) atoms. The van der Waals surface area contributed by atoms with Crippen LogP contribution in [0.4, 0.5) is 5.00 Å². The van der Waals surface area contributed by atoms with Gasteiger partial charge in [0.25, 0.3) is 11.8 Å². The maximum Gasteiger partial charge on any atom is 0.257 e. The third-order valence-electron chi connectivity index (χ3n) is 7.52. The third kappa shape index (κ3) is 7.74. The SMILES string of the molecule is C=CCN(CC=C)S(=O)(=O)c1ccc(C(=O)Nc2sc3c(c2C(=O)N(CCC)CCC)CCN(Cc2ccccc2)C3)cc1. The van der Waals surface area contributed by atoms with Crippen LogP contribution in [-0.2, 0) is 29.5 Å². The second-order valence-electron chi connectivity index (χ2n) is 10.8. The number of nitrogens with one attached hydrogen (secondary N) is 1. The Morgan fingerprint density at radius 3 is 2.20 bits per heavy atom. The number of rotatable bonds is 15. The zero-order chi connectivity index (χ0) is 31.7. The second kappa shape index (κ2) is 15.4. The van der Waals surface area contributed by atoms with E-state index in [9.17, 15) is 18.0 Å². The fourth-order valence-electron chi connectivity index (χ4n) is 5.42. The van der Waals surface area contributed by atoms with Crippen LogP contribution in [-0.4, -0.2) is 67.1 Å². The summed E-state index contributed by atoms with van der Waals surface area (Å²) in [5, 5.41) is 3.56. The highest BCUT2D eigenvalue weighted by Gasteiger charge is 2.31. The molecule has 1 aliphatic rings. The van der Waals surface area contributed by atoms with Crippen LogP contribution in [0.15, 0.2) is 84.8 Å². The molecule has 0 spiro atoms. The highest BCUT2D eigenvalue weighted by Crippen LogP contribution is 2.38. The van der Waals surface area contributed by atoms with Gasteiger partial charge >= 0.3 is 0 Å². The molecule has 1 N–H and O–H groups in total. The van der Waals surface area contributed by atoms with Crippen molar-refractivity contribution in [3.8, 4) is 0 Å². The van der Waals surface area contributed by atoms with Crippen molar-refractivity contribution in [3.63, 3.8) is 0 Å². The number of hydrogen-bond acceptors (Lipinski definition) is 6. The van der Waals surface area contributed by atoms with Crippen molar-refractivity contribution < 1.29 is 18.0 Å². The van der Waals surface area contributed by atoms with E-state index in [2.05, 4.69) is 49.4 Å². The first kappa shape index (κ1) is 33.3. The molecule has 10 heteroatoms. The van der Waals surface area contributed by atoms with Crippen LogP contribution in [0.3, 0.4) is 0 Å². The third-order valence-corrected chi connectivity index (χ3v) is 10.5. The van der Waals surface area contributed by atoms with Crippen molar-refractivity contribution in [1.82, 2.24) is 14.1 Å². The molecule has 2 heterocycles. The van der Waals surface area contributed by atoms with Crippen molar-refractivity contribution in [2.45, 2.75) is 51.1 Å². The summed E-state index contributed by atoms with van der Waals surface area (Å²) < 4.78 is 27.5. The van der Waals surface area contributed by atoms with Gasteiger partial charge in [-0.15, -0.1) is 24.5 Å². The van der Waals surface area contributed by atoms with Crippen LogP contribution in [0.5, 0.6) is 0 Å². The number of carbonyl (C=O) groups excluding carboxylic acids is 2. The lowest BCUT2D eigenvalue weighted by atomic mass is 10.0. The van der Waals surface area contributed by atoms with Crippen LogP contribution >= 0.6 is 11.3 Å². The largest absolute Gasteiger partial charge is 0.339 e. The minimum Gasteiger partial charge on any atom is -0.339 e. The number of amides is 2. The molecule has 0 fully saturated rings. The van der Waals surface area contributed by atoms with Crippen molar-refractivity contribution in [2.75, 3.05) is 38.0 Å². The molecule has 1 aromatic heterocycles. The Morgan fingerprint density at radius 2 is 1.61 bits per heavy atom. The molecule has 3 aromatic rings. The minimum absolute atomic E-state index is 0.0519. The first-order valence-electron chi connectivity index (χ1n) is 15.1. The molecule has 234 valence electrons. The summed E-state index contributed by atoms with van der Waals surface area (Å²) in [6, 6.07) is 16.2. The lowest BCUT2D eigenvalue weighted by Gasteiger charge is -2.28. The van der Waals surface area contributed by atoms with E-state index in [0.29, 0.717) is 35.8 Å². The molecular weight excluding hydrogens is 593 g/mol. The second-order valence-corrected chi connectivity index (χ2v) is 13.9. The number of carbonyl (C=O) groups is 2. The van der Waals surface area contributed by atoms with E-state index in [1.54, 1.807) is 0 Å². The predicted molar refractivity (Wildman–Crippen MR) is 179 cm³/mol. The Balaban J connectivity index is 1.62. The summed E-state index contributed by atoms with van der Waals surface area (Å²) >= 11 is 1.46. The van der Waals surface area contributed by atoms with Crippen molar-refractivity contribution in [2.24, 2.45) is 0 Å². The monoisotopic (exact) mass is 634 g/mol. The number of anilines is 1. The number of thiophene rings is 1. The number of nitrogens with zero attached hydrogens (tertiary/aromatic N) is 3. The molecule has 0 unspecified atom stereocenters. The summed E-state index contributed by atoms with van der Waals surface area (Å²) in [7, 11) is -3.79. The summed E-state index contributed by atoms with van der Waals surface area (Å²) in [6.45, 7) is 15.3. The number of sulfonamides is 1. The number of fused-ring (bicyclic) bond motifs is 1. The van der Waals surface area contributed by atoms with Crippen molar-refractivity contribution in [3.05, 3.63) is 107 Å². The van der Waals surface area contributed by atoms with Crippen LogP contribution in [0, 0.1) is 0 Å². The zero-order valence-corrected chi connectivity index (χ0v) is 27.3. The van der Waals surface area contributed by atoms with Gasteiger partial charge in [-0.1, -0.05) is 56.3 Å². The minimum atomic E-state index is -3.79. The van der Waals surface area contributed by atoms with Gasteiger partial charge in [-0.25, -0.2) is 8.42 Å². The molecule has 4 rings (SSSR count). The Kier molecular flexibility index (Phi) is 11.7. The van der Waals surface area contributed by atoms with E-state index in [1.807, 2.05) is 23.1 Å². The Bertz CT molecular complexity index is 1550. The van der Waals surface area contributed by atoms with Gasteiger partial charge in [0, 0.05) is 56.3 Å². The van der Waals surface area contributed by atoms with Crippen LogP contribution in [0.2, 0.25) is 0 Å². The fourth-order valence-corrected chi connectivity index (χ4v) is 8.08. The first-order valence-corrected chi connectivity index (χ1v) is 17.3. The molecule has 2 aromatic carbocycles. The summed E-state index contributed by atoms with van der Waals surface area (Å²) in [4.78, 5) is 32.9. The zero-order valence-electron chi connectivity index (χ0n) is 25.6. The van der Waals surface area contributed by atoms with Gasteiger partial charge < -0.3 is 10.2 Å². The van der Waals surface area contributed by atoms with Crippen LogP contribution < -0.4 is 5.32 Å². The summed E-state index contributed by atoms with van der Waals surface area (Å²) in [5.41, 5.74) is 3.14. The van der Waals surface area contributed by atoms with Gasteiger partial charge in [-0.05, 0) is 54.7 Å². The molecular formula is C34H42N4O4S2. The standard InChI is InChI=1S/C34H42N4O4S2/c1-5-19-37(20-6-2)34(40)31-29-18-23-36(24-26-12-10-9-11-13-26)25-30(29)43-33(31)35-32(39)27-14-16-28(17-15-27)44(41,42)38(21-7-3)22-8-4/h7-17H,3-6,18-25H2,1-2H3,(H,35,39). The predicted octanol–water partition coefficient (Wildman–Crippen LogP) is 6.18. The quantitative estimate of drug-likeness (QED) is 0.202. The van der Waals surface area contributed by atoms with E-state index >= 15 is 0 Å². The van der Waals surface area contributed by atoms with E-state index in [0.717, 1.165) is 42.8 Å². The first-order chi connectivity index (χ1) is 21.2. The highest BCUT2D eigenvalue weighted by molar-refractivity contribution is 7.89. The highest BCUT2D eigenvalue weighted by atomic mass is 32.2. The van der Waals surface area contributed by atoms with E-state index < -0.39 is 15.9 Å². The molecule has 0 aliphatic carbocycles. The van der Waals surface area contributed by atoms with E-state index in [4.69, 9.17) is 0 Å². The molecule has 8 nitrogen and oxygen atoms in total. The molecule has 2 amide bonds. The maximum absolute atomic E-state index is 14.0. The topological polar surface area (TPSA) is 90.0 Å². The molecule has 0 saturated heterocycles. The van der Waals surface area contributed by atoms with Gasteiger partial charge in [0.2, 0.25) is 10.0 Å². The lowest BCUT2D eigenvalue weighted by molar-refractivity contribution is 0.0755. The maximum atomic E-state index is 14.0. The normalized spacial score (nSPS) is 13.3. The summed E-state index contributed by atoms with van der Waals surface area (Å²) in [5.74, 6) is -0.446. The van der Waals surface area contributed by atoms with Gasteiger partial charge in [-0.3, -0.25) is 14.5 Å². The van der Waals surface area contributed by atoms with E-state index in [1.165, 1.54) is 57.6 Å². The lowest BCUT2D eigenvalue weighted by Crippen LogP contribution is -2.35. The van der Waals surface area contributed by atoms with Crippen molar-refractivity contribution in [1.29, 1.82) is 0 Å². The Hall–Kier alpha value is -3.57. The fraction of sp³-hybridized carbons (Fsp3) is 0.353. The van der Waals surface area contributed by atoms with Gasteiger partial charge in [0.05, 0.1) is 10.5 Å². The van der Waals surface area contributed by atoms with E-state index in [-0.39, 0.29) is 23.9 Å². The number of hydrogen-bond donors (Lipinski definition) is 1. The molecule has 0 bridgehead atoms.